The fourth-order valence-electron chi connectivity index (χ4n) is 3.40. The molecule has 0 amide bonds. The predicted molar refractivity (Wildman–Crippen MR) is 104 cm³/mol. The van der Waals surface area contributed by atoms with Crippen LogP contribution in [0.1, 0.15) is 18.9 Å². The van der Waals surface area contributed by atoms with E-state index in [-0.39, 0.29) is 12.4 Å². The Labute approximate surface area is 159 Å². The van der Waals surface area contributed by atoms with E-state index in [1.54, 1.807) is 48.2 Å². The highest BCUT2D eigenvalue weighted by atomic mass is 32.2. The van der Waals surface area contributed by atoms with Crippen molar-refractivity contribution in [2.24, 2.45) is 5.14 Å². The van der Waals surface area contributed by atoms with Gasteiger partial charge in [-0.2, -0.15) is 0 Å². The van der Waals surface area contributed by atoms with Crippen molar-refractivity contribution in [3.8, 4) is 11.1 Å². The molecule has 2 aromatic rings. The zero-order valence-electron chi connectivity index (χ0n) is 15.1. The van der Waals surface area contributed by atoms with Gasteiger partial charge in [-0.05, 0) is 36.6 Å². The first kappa shape index (κ1) is 19.7. The van der Waals surface area contributed by atoms with Crippen molar-refractivity contribution >= 4 is 10.0 Å². The molecule has 3 rings (SSSR count). The van der Waals surface area contributed by atoms with E-state index in [0.29, 0.717) is 18.7 Å². The quantitative estimate of drug-likeness (QED) is 0.769. The summed E-state index contributed by atoms with van der Waals surface area (Å²) in [5.74, 6) is -0.307. The smallest absolute Gasteiger partial charge is 0.266 e. The predicted octanol–water partition coefficient (Wildman–Crippen LogP) is 3.19. The maximum absolute atomic E-state index is 13.1. The summed E-state index contributed by atoms with van der Waals surface area (Å²) in [4.78, 5) is 1.73. The van der Waals surface area contributed by atoms with Crippen molar-refractivity contribution in [3.05, 3.63) is 72.1 Å². The van der Waals surface area contributed by atoms with Crippen LogP contribution in [0.15, 0.2) is 60.7 Å². The number of benzene rings is 2. The van der Waals surface area contributed by atoms with Crippen molar-refractivity contribution in [2.75, 3.05) is 19.7 Å². The van der Waals surface area contributed by atoms with Crippen LogP contribution in [0.3, 0.4) is 0 Å². The monoisotopic (exact) mass is 390 g/mol. The summed E-state index contributed by atoms with van der Waals surface area (Å²) >= 11 is 0. The van der Waals surface area contributed by atoms with E-state index in [1.807, 2.05) is 12.2 Å². The summed E-state index contributed by atoms with van der Waals surface area (Å²) in [6, 6.07) is 13.1. The molecule has 7 heteroatoms. The fraction of sp³-hybridized carbons (Fsp3) is 0.300. The van der Waals surface area contributed by atoms with E-state index in [1.165, 1.54) is 12.1 Å². The third-order valence-corrected chi connectivity index (χ3v) is 6.01. The fourth-order valence-corrected chi connectivity index (χ4v) is 4.68. The molecule has 2 N–H and O–H groups in total. The van der Waals surface area contributed by atoms with Gasteiger partial charge in [0.1, 0.15) is 5.82 Å². The van der Waals surface area contributed by atoms with E-state index in [9.17, 15) is 12.8 Å². The SMILES string of the molecule is CCOC(c1ccc(-c2ccc(F)cc2)cc1)(N1CC=CCC1)S(N)(=O)=O. The molecule has 0 radical (unpaired) electrons. The second-order valence-corrected chi connectivity index (χ2v) is 7.99. The molecule has 1 atom stereocenters. The zero-order chi connectivity index (χ0) is 19.5. The van der Waals surface area contributed by atoms with Crippen molar-refractivity contribution < 1.29 is 17.5 Å². The minimum absolute atomic E-state index is 0.191. The van der Waals surface area contributed by atoms with Gasteiger partial charge in [0.25, 0.3) is 15.1 Å². The first-order valence-electron chi connectivity index (χ1n) is 8.81. The van der Waals surface area contributed by atoms with Crippen molar-refractivity contribution in [1.82, 2.24) is 4.90 Å². The average molecular weight is 390 g/mol. The second kappa shape index (κ2) is 7.90. The first-order valence-corrected chi connectivity index (χ1v) is 10.4. The molecule has 0 spiro atoms. The number of hydrogen-bond donors (Lipinski definition) is 1. The number of rotatable bonds is 6. The van der Waals surface area contributed by atoms with E-state index in [2.05, 4.69) is 0 Å². The summed E-state index contributed by atoms with van der Waals surface area (Å²) in [5.41, 5.74) is 2.13. The van der Waals surface area contributed by atoms with Crippen LogP contribution < -0.4 is 5.14 Å². The summed E-state index contributed by atoms with van der Waals surface area (Å²) < 4.78 is 44.3. The van der Waals surface area contributed by atoms with Gasteiger partial charge in [0.15, 0.2) is 0 Å². The molecule has 0 fully saturated rings. The van der Waals surface area contributed by atoms with Crippen LogP contribution in [-0.2, 0) is 19.8 Å². The third kappa shape index (κ3) is 3.82. The summed E-state index contributed by atoms with van der Waals surface area (Å²) in [6.07, 6.45) is 4.64. The van der Waals surface area contributed by atoms with E-state index >= 15 is 0 Å². The Hall–Kier alpha value is -2.06. The average Bonchev–Trinajstić information content (AvgIpc) is 2.67. The van der Waals surface area contributed by atoms with Gasteiger partial charge in [-0.25, -0.2) is 17.9 Å². The number of nitrogens with two attached hydrogens (primary N) is 1. The second-order valence-electron chi connectivity index (χ2n) is 6.35. The van der Waals surface area contributed by atoms with Gasteiger partial charge in [-0.3, -0.25) is 4.90 Å². The summed E-state index contributed by atoms with van der Waals surface area (Å²) in [6.45, 7) is 2.88. The van der Waals surface area contributed by atoms with Gasteiger partial charge in [-0.15, -0.1) is 0 Å². The van der Waals surface area contributed by atoms with Crippen LogP contribution in [-0.4, -0.2) is 33.0 Å². The van der Waals surface area contributed by atoms with E-state index in [4.69, 9.17) is 9.88 Å². The van der Waals surface area contributed by atoms with E-state index < -0.39 is 15.1 Å². The lowest BCUT2D eigenvalue weighted by molar-refractivity contribution is -0.0930. The Morgan fingerprint density at radius 1 is 1.07 bits per heavy atom. The molecule has 2 aromatic carbocycles. The first-order chi connectivity index (χ1) is 12.9. The Morgan fingerprint density at radius 2 is 1.67 bits per heavy atom. The molecule has 0 aliphatic carbocycles. The topological polar surface area (TPSA) is 72.6 Å². The zero-order valence-corrected chi connectivity index (χ0v) is 16.0. The van der Waals surface area contributed by atoms with Crippen molar-refractivity contribution in [2.45, 2.75) is 18.4 Å². The van der Waals surface area contributed by atoms with E-state index in [0.717, 1.165) is 17.5 Å². The number of halogens is 1. The van der Waals surface area contributed by atoms with Crippen LogP contribution in [0.2, 0.25) is 0 Å². The number of hydrogen-bond acceptors (Lipinski definition) is 4. The Balaban J connectivity index is 2.06. The Morgan fingerprint density at radius 3 is 2.15 bits per heavy atom. The molecule has 5 nitrogen and oxygen atoms in total. The highest BCUT2D eigenvalue weighted by Gasteiger charge is 2.49. The Kier molecular flexibility index (Phi) is 5.76. The van der Waals surface area contributed by atoms with Gasteiger partial charge in [0.05, 0.1) is 0 Å². The van der Waals surface area contributed by atoms with Crippen LogP contribution >= 0.6 is 0 Å². The van der Waals surface area contributed by atoms with Crippen molar-refractivity contribution in [3.63, 3.8) is 0 Å². The molecule has 144 valence electrons. The van der Waals surface area contributed by atoms with Gasteiger partial charge in [0, 0.05) is 25.3 Å². The van der Waals surface area contributed by atoms with Crippen LogP contribution in [0, 0.1) is 5.82 Å². The van der Waals surface area contributed by atoms with Gasteiger partial charge >= 0.3 is 0 Å². The lowest BCUT2D eigenvalue weighted by Crippen LogP contribution is -2.57. The molecule has 27 heavy (non-hydrogen) atoms. The molecule has 0 bridgehead atoms. The molecule has 0 saturated heterocycles. The molecule has 1 aliphatic rings. The van der Waals surface area contributed by atoms with Gasteiger partial charge < -0.3 is 4.74 Å². The molecule has 0 aromatic heterocycles. The lowest BCUT2D eigenvalue weighted by Gasteiger charge is -2.42. The molecule has 1 heterocycles. The van der Waals surface area contributed by atoms with Crippen LogP contribution in [0.4, 0.5) is 4.39 Å². The highest BCUT2D eigenvalue weighted by Crippen LogP contribution is 2.36. The summed E-state index contributed by atoms with van der Waals surface area (Å²) in [7, 11) is -4.10. The number of nitrogens with zero attached hydrogens (tertiary/aromatic N) is 1. The molecule has 0 saturated carbocycles. The van der Waals surface area contributed by atoms with Crippen molar-refractivity contribution in [1.29, 1.82) is 0 Å². The largest absolute Gasteiger partial charge is 0.342 e. The maximum atomic E-state index is 13.1. The Bertz CT molecular complexity index is 911. The minimum Gasteiger partial charge on any atom is -0.342 e. The minimum atomic E-state index is -4.10. The molecule has 1 aliphatic heterocycles. The van der Waals surface area contributed by atoms with Crippen LogP contribution in [0.5, 0.6) is 0 Å². The molecular formula is C20H23FN2O3S. The number of ether oxygens (including phenoxy) is 1. The summed E-state index contributed by atoms with van der Waals surface area (Å²) in [5, 5.41) is 3.93. The van der Waals surface area contributed by atoms with Crippen LogP contribution in [0.25, 0.3) is 11.1 Å². The molecule has 1 unspecified atom stereocenters. The number of sulfonamides is 1. The third-order valence-electron chi connectivity index (χ3n) is 4.63. The number of primary sulfonamides is 1. The maximum Gasteiger partial charge on any atom is 0.266 e. The normalized spacial score (nSPS) is 17.6. The van der Waals surface area contributed by atoms with Gasteiger partial charge in [-0.1, -0.05) is 48.6 Å². The highest BCUT2D eigenvalue weighted by molar-refractivity contribution is 7.89. The molecular weight excluding hydrogens is 367 g/mol. The standard InChI is InChI=1S/C20H23FN2O3S/c1-2-26-20(27(22,24)25,23-14-4-3-5-15-23)18-10-6-16(7-11-18)17-8-12-19(21)13-9-17/h3-4,6-13H,2,5,14-15H2,1H3,(H2,22,24,25). The van der Waals surface area contributed by atoms with Gasteiger partial charge in [0.2, 0.25) is 0 Å². The lowest BCUT2D eigenvalue weighted by atomic mass is 10.0.